The Balaban J connectivity index is 1.50. The summed E-state index contributed by atoms with van der Waals surface area (Å²) in [6.45, 7) is 4.68. The molecule has 0 amide bonds. The molecule has 0 aliphatic heterocycles. The second-order valence-corrected chi connectivity index (χ2v) is 6.91. The van der Waals surface area contributed by atoms with E-state index in [0.29, 0.717) is 18.9 Å². The molecule has 164 valence electrons. The van der Waals surface area contributed by atoms with Crippen LogP contribution in [0.3, 0.4) is 0 Å². The van der Waals surface area contributed by atoms with Crippen LogP contribution in [0.15, 0.2) is 59.9 Å². The van der Waals surface area contributed by atoms with Crippen LogP contribution in [0.2, 0.25) is 0 Å². The Hall–Kier alpha value is -3.55. The molecule has 8 heteroatoms. The maximum atomic E-state index is 5.93. The van der Waals surface area contributed by atoms with E-state index in [1.807, 2.05) is 53.1 Å². The second-order valence-electron chi connectivity index (χ2n) is 6.91. The van der Waals surface area contributed by atoms with Crippen LogP contribution in [0.4, 0.5) is 0 Å². The number of rotatable bonds is 10. The lowest BCUT2D eigenvalue weighted by Gasteiger charge is -2.15. The van der Waals surface area contributed by atoms with Crippen molar-refractivity contribution in [1.29, 1.82) is 0 Å². The van der Waals surface area contributed by atoms with Crippen molar-refractivity contribution in [1.82, 2.24) is 25.4 Å². The number of guanidine groups is 1. The van der Waals surface area contributed by atoms with Crippen molar-refractivity contribution in [2.75, 3.05) is 20.7 Å². The quantitative estimate of drug-likeness (QED) is 0.386. The van der Waals surface area contributed by atoms with Crippen LogP contribution in [-0.4, -0.2) is 41.4 Å². The predicted octanol–water partition coefficient (Wildman–Crippen LogP) is 2.79. The van der Waals surface area contributed by atoms with Crippen LogP contribution >= 0.6 is 0 Å². The summed E-state index contributed by atoms with van der Waals surface area (Å²) in [5.74, 6) is 3.14. The third kappa shape index (κ3) is 6.47. The van der Waals surface area contributed by atoms with Gasteiger partial charge in [0.2, 0.25) is 0 Å². The molecule has 0 fully saturated rings. The zero-order valence-electron chi connectivity index (χ0n) is 18.3. The van der Waals surface area contributed by atoms with Crippen molar-refractivity contribution in [3.63, 3.8) is 0 Å². The van der Waals surface area contributed by atoms with Gasteiger partial charge in [0.25, 0.3) is 0 Å². The zero-order chi connectivity index (χ0) is 21.9. The molecule has 1 aromatic heterocycles. The van der Waals surface area contributed by atoms with Gasteiger partial charge < -0.3 is 24.7 Å². The first kappa shape index (κ1) is 22.1. The number of hydrogen-bond acceptors (Lipinski definition) is 5. The zero-order valence-corrected chi connectivity index (χ0v) is 18.3. The van der Waals surface area contributed by atoms with Crippen molar-refractivity contribution in [2.45, 2.75) is 33.0 Å². The SMILES string of the molecule is CCc1nncn1CCNC(=NC)NCc1ccc(OCc2ccccc2)c(OC)c1. The monoisotopic (exact) mass is 422 g/mol. The van der Waals surface area contributed by atoms with Gasteiger partial charge in [-0.1, -0.05) is 43.3 Å². The van der Waals surface area contributed by atoms with Crippen LogP contribution in [-0.2, 0) is 26.1 Å². The average Bonchev–Trinajstić information content (AvgIpc) is 3.28. The summed E-state index contributed by atoms with van der Waals surface area (Å²) in [4.78, 5) is 4.29. The van der Waals surface area contributed by atoms with Crippen molar-refractivity contribution in [3.8, 4) is 11.5 Å². The highest BCUT2D eigenvalue weighted by molar-refractivity contribution is 5.79. The Morgan fingerprint density at radius 2 is 1.90 bits per heavy atom. The predicted molar refractivity (Wildman–Crippen MR) is 121 cm³/mol. The highest BCUT2D eigenvalue weighted by Gasteiger charge is 2.08. The molecule has 0 saturated carbocycles. The van der Waals surface area contributed by atoms with Crippen LogP contribution in [0.1, 0.15) is 23.9 Å². The lowest BCUT2D eigenvalue weighted by atomic mass is 10.2. The third-order valence-corrected chi connectivity index (χ3v) is 4.81. The highest BCUT2D eigenvalue weighted by Crippen LogP contribution is 2.28. The van der Waals surface area contributed by atoms with E-state index in [9.17, 15) is 0 Å². The molecule has 3 aromatic rings. The largest absolute Gasteiger partial charge is 0.493 e. The van der Waals surface area contributed by atoms with Gasteiger partial charge in [-0.25, -0.2) is 0 Å². The number of nitrogens with zero attached hydrogens (tertiary/aromatic N) is 4. The lowest BCUT2D eigenvalue weighted by molar-refractivity contribution is 0.284. The van der Waals surface area contributed by atoms with Gasteiger partial charge in [0, 0.05) is 33.1 Å². The van der Waals surface area contributed by atoms with E-state index in [1.54, 1.807) is 20.5 Å². The Labute approximate surface area is 183 Å². The van der Waals surface area contributed by atoms with E-state index in [-0.39, 0.29) is 0 Å². The summed E-state index contributed by atoms with van der Waals surface area (Å²) in [5.41, 5.74) is 2.18. The molecule has 0 bridgehead atoms. The smallest absolute Gasteiger partial charge is 0.191 e. The summed E-state index contributed by atoms with van der Waals surface area (Å²) in [6, 6.07) is 16.0. The number of aryl methyl sites for hydroxylation is 1. The van der Waals surface area contributed by atoms with Crippen molar-refractivity contribution >= 4 is 5.96 Å². The fourth-order valence-electron chi connectivity index (χ4n) is 3.12. The third-order valence-electron chi connectivity index (χ3n) is 4.81. The Kier molecular flexibility index (Phi) is 8.28. The molecule has 0 spiro atoms. The van der Waals surface area contributed by atoms with Crippen LogP contribution in [0.5, 0.6) is 11.5 Å². The van der Waals surface area contributed by atoms with Crippen LogP contribution in [0, 0.1) is 0 Å². The molecule has 0 saturated heterocycles. The number of ether oxygens (including phenoxy) is 2. The van der Waals surface area contributed by atoms with Crippen molar-refractivity contribution < 1.29 is 9.47 Å². The van der Waals surface area contributed by atoms with Crippen LogP contribution in [0.25, 0.3) is 0 Å². The van der Waals surface area contributed by atoms with Gasteiger partial charge in [-0.05, 0) is 23.3 Å². The fraction of sp³-hybridized carbons (Fsp3) is 0.348. The second kappa shape index (κ2) is 11.6. The van der Waals surface area contributed by atoms with E-state index in [1.165, 1.54) is 0 Å². The summed E-state index contributed by atoms with van der Waals surface area (Å²) in [5, 5.41) is 14.7. The Morgan fingerprint density at radius 1 is 1.06 bits per heavy atom. The van der Waals surface area contributed by atoms with E-state index < -0.39 is 0 Å². The number of aliphatic imine (C=N–C) groups is 1. The molecule has 0 aliphatic carbocycles. The highest BCUT2D eigenvalue weighted by atomic mass is 16.5. The molecule has 0 radical (unpaired) electrons. The van der Waals surface area contributed by atoms with E-state index in [0.717, 1.165) is 48.2 Å². The minimum atomic E-state index is 0.498. The lowest BCUT2D eigenvalue weighted by Crippen LogP contribution is -2.38. The van der Waals surface area contributed by atoms with Gasteiger partial charge in [-0.15, -0.1) is 10.2 Å². The van der Waals surface area contributed by atoms with Crippen molar-refractivity contribution in [3.05, 3.63) is 71.8 Å². The molecule has 31 heavy (non-hydrogen) atoms. The topological polar surface area (TPSA) is 85.6 Å². The number of nitrogens with one attached hydrogen (secondary N) is 2. The average molecular weight is 423 g/mol. The molecule has 2 aromatic carbocycles. The Bertz CT molecular complexity index is 971. The van der Waals surface area contributed by atoms with E-state index >= 15 is 0 Å². The van der Waals surface area contributed by atoms with Gasteiger partial charge in [0.1, 0.15) is 18.8 Å². The molecule has 8 nitrogen and oxygen atoms in total. The standard InChI is InChI=1S/C23H30N6O2/c1-4-22-28-27-17-29(22)13-12-25-23(24-2)26-15-19-10-11-20(21(14-19)30-3)31-16-18-8-6-5-7-9-18/h5-11,14,17H,4,12-13,15-16H2,1-3H3,(H2,24,25,26). The Morgan fingerprint density at radius 3 is 2.65 bits per heavy atom. The molecule has 0 aliphatic rings. The first-order valence-electron chi connectivity index (χ1n) is 10.4. The molecular weight excluding hydrogens is 392 g/mol. The minimum Gasteiger partial charge on any atom is -0.493 e. The normalized spacial score (nSPS) is 11.3. The van der Waals surface area contributed by atoms with Crippen molar-refractivity contribution in [2.24, 2.45) is 4.99 Å². The van der Waals surface area contributed by atoms with Crippen LogP contribution < -0.4 is 20.1 Å². The minimum absolute atomic E-state index is 0.498. The van der Waals surface area contributed by atoms with Gasteiger partial charge >= 0.3 is 0 Å². The number of aromatic nitrogens is 3. The molecule has 2 N–H and O–H groups in total. The van der Waals surface area contributed by atoms with E-state index in [4.69, 9.17) is 9.47 Å². The first-order chi connectivity index (χ1) is 15.2. The maximum Gasteiger partial charge on any atom is 0.191 e. The van der Waals surface area contributed by atoms with Gasteiger partial charge in [0.05, 0.1) is 7.11 Å². The summed E-state index contributed by atoms with van der Waals surface area (Å²) in [6.07, 6.45) is 2.62. The number of methoxy groups -OCH3 is 1. The number of hydrogen-bond donors (Lipinski definition) is 2. The molecule has 1 heterocycles. The number of benzene rings is 2. The van der Waals surface area contributed by atoms with Gasteiger partial charge in [-0.2, -0.15) is 0 Å². The molecule has 0 unspecified atom stereocenters. The molecule has 3 rings (SSSR count). The maximum absolute atomic E-state index is 5.93. The first-order valence-corrected chi connectivity index (χ1v) is 10.4. The van der Waals surface area contributed by atoms with Gasteiger partial charge in [-0.3, -0.25) is 4.99 Å². The summed E-state index contributed by atoms with van der Waals surface area (Å²) >= 11 is 0. The van der Waals surface area contributed by atoms with Gasteiger partial charge in [0.15, 0.2) is 17.5 Å². The van der Waals surface area contributed by atoms with E-state index in [2.05, 4.69) is 32.7 Å². The fourth-order valence-corrected chi connectivity index (χ4v) is 3.12. The summed E-state index contributed by atoms with van der Waals surface area (Å²) < 4.78 is 13.5. The summed E-state index contributed by atoms with van der Waals surface area (Å²) in [7, 11) is 3.41. The molecule has 0 atom stereocenters. The molecular formula is C23H30N6O2.